The zero-order valence-electron chi connectivity index (χ0n) is 4.42. The summed E-state index contributed by atoms with van der Waals surface area (Å²) in [5.41, 5.74) is 1.07. The molecule has 2 heteroatoms. The highest BCUT2D eigenvalue weighted by atomic mass is 16.3. The fourth-order valence-corrected chi connectivity index (χ4v) is 0.759. The summed E-state index contributed by atoms with van der Waals surface area (Å²) in [7, 11) is 0. The van der Waals surface area contributed by atoms with Crippen molar-refractivity contribution < 1.29 is 4.42 Å². The van der Waals surface area contributed by atoms with E-state index in [9.17, 15) is 0 Å². The van der Waals surface area contributed by atoms with Gasteiger partial charge in [0.15, 0.2) is 0 Å². The lowest BCUT2D eigenvalue weighted by atomic mass is 10.3. The van der Waals surface area contributed by atoms with Crippen LogP contribution in [0.1, 0.15) is 24.5 Å². The molecule has 0 unspecified atom stereocenters. The Balaban J connectivity index is 2.28. The monoisotopic (exact) mass is 108 g/mol. The number of hydrogen-bond donors (Lipinski definition) is 0. The minimum atomic E-state index is 0.699. The summed E-state index contributed by atoms with van der Waals surface area (Å²) >= 11 is 0. The molecule has 2 nitrogen and oxygen atoms in total. The summed E-state index contributed by atoms with van der Waals surface area (Å²) in [6.07, 6.45) is 6.66. The fourth-order valence-electron chi connectivity index (χ4n) is 0.759. The molecule has 1 heterocycles. The predicted octanol–water partition coefficient (Wildman–Crippen LogP) is 1.35. The van der Waals surface area contributed by atoms with Crippen molar-refractivity contribution in [3.05, 3.63) is 18.4 Å². The number of nitrogens with zero attached hydrogens (tertiary/aromatic N) is 1. The summed E-state index contributed by atoms with van der Waals surface area (Å²) in [4.78, 5) is 3.89. The van der Waals surface area contributed by atoms with Gasteiger partial charge in [0.1, 0.15) is 6.26 Å². The van der Waals surface area contributed by atoms with Gasteiger partial charge in [-0.05, 0) is 12.8 Å². The van der Waals surface area contributed by atoms with Gasteiger partial charge in [-0.3, -0.25) is 0 Å². The van der Waals surface area contributed by atoms with Gasteiger partial charge in [-0.25, -0.2) is 4.98 Å². The Hall–Kier alpha value is -0.790. The third kappa shape index (κ3) is 0.529. The van der Waals surface area contributed by atoms with Crippen LogP contribution in [0.2, 0.25) is 0 Å². The van der Waals surface area contributed by atoms with Crippen molar-refractivity contribution in [3.63, 3.8) is 0 Å². The molecule has 1 aromatic heterocycles. The molecule has 8 heavy (non-hydrogen) atoms. The Bertz CT molecular complexity index is 165. The molecule has 0 spiro atoms. The van der Waals surface area contributed by atoms with Crippen molar-refractivity contribution in [1.29, 1.82) is 0 Å². The van der Waals surface area contributed by atoms with Crippen molar-refractivity contribution in [2.75, 3.05) is 0 Å². The van der Waals surface area contributed by atoms with Crippen LogP contribution in [-0.4, -0.2) is 4.98 Å². The van der Waals surface area contributed by atoms with E-state index in [1.54, 1.807) is 6.26 Å². The molecule has 2 rings (SSSR count). The molecule has 1 radical (unpaired) electrons. The summed E-state index contributed by atoms with van der Waals surface area (Å²) in [6, 6.07) is 0. The third-order valence-corrected chi connectivity index (χ3v) is 1.40. The quantitative estimate of drug-likeness (QED) is 0.542. The Labute approximate surface area is 47.5 Å². The van der Waals surface area contributed by atoms with E-state index in [4.69, 9.17) is 0 Å². The van der Waals surface area contributed by atoms with Crippen LogP contribution in [-0.2, 0) is 0 Å². The van der Waals surface area contributed by atoms with Crippen molar-refractivity contribution in [1.82, 2.24) is 4.98 Å². The molecule has 0 amide bonds. The third-order valence-electron chi connectivity index (χ3n) is 1.40. The Morgan fingerprint density at radius 3 is 3.12 bits per heavy atom. The maximum atomic E-state index is 4.68. The second kappa shape index (κ2) is 1.34. The van der Waals surface area contributed by atoms with Crippen molar-refractivity contribution in [2.45, 2.75) is 18.8 Å². The van der Waals surface area contributed by atoms with Crippen LogP contribution >= 0.6 is 0 Å². The molecular formula is C6H6NO. The van der Waals surface area contributed by atoms with E-state index in [0.29, 0.717) is 5.92 Å². The molecule has 41 valence electrons. The first kappa shape index (κ1) is 4.13. The van der Waals surface area contributed by atoms with E-state index in [-0.39, 0.29) is 0 Å². The average Bonchev–Trinajstić information content (AvgIpc) is 2.49. The molecule has 1 aliphatic rings. The van der Waals surface area contributed by atoms with Gasteiger partial charge in [-0.1, -0.05) is 0 Å². The Kier molecular flexibility index (Phi) is 0.692. The lowest BCUT2D eigenvalue weighted by molar-refractivity contribution is 0.546. The SMILES string of the molecule is [c]1nc(C2CC2)co1. The number of rotatable bonds is 1. The van der Waals surface area contributed by atoms with E-state index in [2.05, 4.69) is 15.8 Å². The predicted molar refractivity (Wildman–Crippen MR) is 27.3 cm³/mol. The highest BCUT2D eigenvalue weighted by Gasteiger charge is 2.25. The van der Waals surface area contributed by atoms with E-state index >= 15 is 0 Å². The maximum Gasteiger partial charge on any atom is 0.283 e. The van der Waals surface area contributed by atoms with Crippen LogP contribution in [0.25, 0.3) is 0 Å². The van der Waals surface area contributed by atoms with Crippen LogP contribution in [0, 0.1) is 6.39 Å². The summed E-state index contributed by atoms with van der Waals surface area (Å²) in [5.74, 6) is 0.699. The average molecular weight is 108 g/mol. The number of oxazole rings is 1. The molecule has 0 N–H and O–H groups in total. The maximum absolute atomic E-state index is 4.68. The van der Waals surface area contributed by atoms with Gasteiger partial charge in [0.05, 0.1) is 5.69 Å². The minimum absolute atomic E-state index is 0.699. The first-order chi connectivity index (χ1) is 3.97. The number of hydrogen-bond acceptors (Lipinski definition) is 2. The van der Waals surface area contributed by atoms with E-state index in [0.717, 1.165) is 5.69 Å². The molecule has 1 aromatic rings. The zero-order chi connectivity index (χ0) is 5.40. The first-order valence-corrected chi connectivity index (χ1v) is 2.78. The van der Waals surface area contributed by atoms with E-state index in [1.165, 1.54) is 12.8 Å². The van der Waals surface area contributed by atoms with E-state index < -0.39 is 0 Å². The molecule has 0 aromatic carbocycles. The van der Waals surface area contributed by atoms with Gasteiger partial charge in [0, 0.05) is 5.92 Å². The molecule has 1 aliphatic carbocycles. The molecular weight excluding hydrogens is 102 g/mol. The second-order valence-electron chi connectivity index (χ2n) is 2.14. The highest BCUT2D eigenvalue weighted by Crippen LogP contribution is 2.38. The van der Waals surface area contributed by atoms with Crippen LogP contribution < -0.4 is 0 Å². The summed E-state index contributed by atoms with van der Waals surface area (Å²) in [6.45, 7) is 0. The normalized spacial score (nSPS) is 19.0. The number of aromatic nitrogens is 1. The topological polar surface area (TPSA) is 26.0 Å². The smallest absolute Gasteiger partial charge is 0.283 e. The first-order valence-electron chi connectivity index (χ1n) is 2.78. The van der Waals surface area contributed by atoms with Crippen LogP contribution in [0.5, 0.6) is 0 Å². The molecule has 1 fully saturated rings. The largest absolute Gasteiger partial charge is 0.441 e. The summed E-state index contributed by atoms with van der Waals surface area (Å²) in [5, 5.41) is 0. The molecule has 0 atom stereocenters. The van der Waals surface area contributed by atoms with E-state index in [1.807, 2.05) is 0 Å². The molecule has 1 saturated carbocycles. The second-order valence-corrected chi connectivity index (χ2v) is 2.14. The lowest BCUT2D eigenvalue weighted by Crippen LogP contribution is -1.73. The van der Waals surface area contributed by atoms with Crippen LogP contribution in [0.15, 0.2) is 10.7 Å². The molecule has 0 aliphatic heterocycles. The lowest BCUT2D eigenvalue weighted by Gasteiger charge is -1.78. The van der Waals surface area contributed by atoms with Crippen molar-refractivity contribution >= 4 is 0 Å². The van der Waals surface area contributed by atoms with Gasteiger partial charge in [-0.15, -0.1) is 0 Å². The molecule has 0 bridgehead atoms. The van der Waals surface area contributed by atoms with Gasteiger partial charge >= 0.3 is 0 Å². The fraction of sp³-hybridized carbons (Fsp3) is 0.500. The minimum Gasteiger partial charge on any atom is -0.441 e. The van der Waals surface area contributed by atoms with Gasteiger partial charge in [-0.2, -0.15) is 0 Å². The van der Waals surface area contributed by atoms with Gasteiger partial charge < -0.3 is 4.42 Å². The Morgan fingerprint density at radius 2 is 2.62 bits per heavy atom. The van der Waals surface area contributed by atoms with Crippen LogP contribution in [0.4, 0.5) is 0 Å². The van der Waals surface area contributed by atoms with Gasteiger partial charge in [0.25, 0.3) is 6.39 Å². The van der Waals surface area contributed by atoms with Crippen molar-refractivity contribution in [3.8, 4) is 0 Å². The molecule has 0 saturated heterocycles. The standard InChI is InChI=1S/C6H6NO/c1-2-5(1)6-3-8-4-7-6/h3,5H,1-2H2. The summed E-state index contributed by atoms with van der Waals surface area (Å²) < 4.78 is 4.68. The Morgan fingerprint density at radius 1 is 1.75 bits per heavy atom. The highest BCUT2D eigenvalue weighted by molar-refractivity contribution is 5.07. The van der Waals surface area contributed by atoms with Crippen molar-refractivity contribution in [2.24, 2.45) is 0 Å². The zero-order valence-corrected chi connectivity index (χ0v) is 4.42. The van der Waals surface area contributed by atoms with Gasteiger partial charge in [0.2, 0.25) is 0 Å². The van der Waals surface area contributed by atoms with Crippen LogP contribution in [0.3, 0.4) is 0 Å².